The summed E-state index contributed by atoms with van der Waals surface area (Å²) >= 11 is 7.38. The van der Waals surface area contributed by atoms with Crippen LogP contribution in [0.25, 0.3) is 0 Å². The van der Waals surface area contributed by atoms with Crippen molar-refractivity contribution in [1.29, 1.82) is 0 Å². The molecule has 12 aliphatic carbocycles. The van der Waals surface area contributed by atoms with E-state index in [0.717, 1.165) is 47.3 Å². The third-order valence-corrected chi connectivity index (χ3v) is 15.9. The number of aliphatic imine (C=N–C) groups is 2. The van der Waals surface area contributed by atoms with Crippen molar-refractivity contribution in [3.63, 3.8) is 0 Å². The van der Waals surface area contributed by atoms with Crippen LogP contribution in [0.5, 0.6) is 0 Å². The molecule has 12 saturated carbocycles. The molecule has 0 spiro atoms. The number of hydrogen-bond donors (Lipinski definition) is 0. The van der Waals surface area contributed by atoms with Crippen LogP contribution < -0.4 is 0 Å². The van der Waals surface area contributed by atoms with E-state index >= 15 is 0 Å². The van der Waals surface area contributed by atoms with E-state index in [-0.39, 0.29) is 0 Å². The van der Waals surface area contributed by atoms with Crippen LogP contribution in [-0.4, -0.2) is 52.3 Å². The third-order valence-electron chi connectivity index (χ3n) is 13.7. The molecule has 0 aromatic rings. The summed E-state index contributed by atoms with van der Waals surface area (Å²) in [5.41, 5.74) is 1.28. The van der Waals surface area contributed by atoms with Gasteiger partial charge in [0.2, 0.25) is 0 Å². The molecule has 36 heavy (non-hydrogen) atoms. The molecule has 0 aromatic carbocycles. The topological polar surface area (TPSA) is 24.7 Å². The molecule has 0 heterocycles. The van der Waals surface area contributed by atoms with E-state index in [1.165, 1.54) is 125 Å². The average Bonchev–Trinajstić information content (AvgIpc) is 2.75. The van der Waals surface area contributed by atoms with Crippen LogP contribution in [0.3, 0.4) is 0 Å². The van der Waals surface area contributed by atoms with E-state index in [4.69, 9.17) is 9.98 Å². The second-order valence-electron chi connectivity index (χ2n) is 16.6. The summed E-state index contributed by atoms with van der Waals surface area (Å²) in [5.74, 6) is 7.71. The Morgan fingerprint density at radius 3 is 1.00 bits per heavy atom. The van der Waals surface area contributed by atoms with Gasteiger partial charge in [0.15, 0.2) is 0 Å². The Hall–Kier alpha value is 0.379. The predicted octanol–water partition coefficient (Wildman–Crippen LogP) is 6.64. The minimum atomic E-state index is 0.306. The Morgan fingerprint density at radius 1 is 0.417 bits per heavy atom. The standard InChI is InChI=1S/C32H44N2Se2/c35-27(33-31-12-19-1-20(13-31)3-21(2-19)14-31)29-8-25-7-26(9-29)11-30(10-25,18-29)28(36)34-32-15-22-4-23(16-32)6-24(5-22)17-32/h19-26H,1-18H2. The Morgan fingerprint density at radius 2 is 0.694 bits per heavy atom. The van der Waals surface area contributed by atoms with Crippen molar-refractivity contribution in [2.24, 2.45) is 68.2 Å². The van der Waals surface area contributed by atoms with Gasteiger partial charge in [-0.2, -0.15) is 0 Å². The van der Waals surface area contributed by atoms with Gasteiger partial charge in [-0.1, -0.05) is 0 Å². The Kier molecular flexibility index (Phi) is 4.85. The van der Waals surface area contributed by atoms with Gasteiger partial charge in [0, 0.05) is 0 Å². The zero-order valence-electron chi connectivity index (χ0n) is 22.1. The van der Waals surface area contributed by atoms with Crippen molar-refractivity contribution < 1.29 is 0 Å². The van der Waals surface area contributed by atoms with Gasteiger partial charge in [-0.25, -0.2) is 0 Å². The zero-order valence-corrected chi connectivity index (χ0v) is 25.5. The second-order valence-corrected chi connectivity index (χ2v) is 18.3. The Balaban J connectivity index is 1.05. The van der Waals surface area contributed by atoms with Crippen LogP contribution in [-0.2, 0) is 0 Å². The maximum atomic E-state index is 5.84. The maximum absolute atomic E-state index is 5.84. The molecule has 0 aromatic heterocycles. The minimum absolute atomic E-state index is 0.306. The zero-order chi connectivity index (χ0) is 23.9. The van der Waals surface area contributed by atoms with Crippen LogP contribution in [0.2, 0.25) is 0 Å². The van der Waals surface area contributed by atoms with Crippen LogP contribution in [0, 0.1) is 58.2 Å². The molecule has 194 valence electrons. The van der Waals surface area contributed by atoms with Crippen LogP contribution >= 0.6 is 0 Å². The summed E-state index contributed by atoms with van der Waals surface area (Å²) in [6.07, 6.45) is 26.0. The molecule has 12 bridgehead atoms. The molecule has 4 heteroatoms. The first-order chi connectivity index (χ1) is 17.3. The van der Waals surface area contributed by atoms with Gasteiger partial charge in [-0.05, 0) is 0 Å². The summed E-state index contributed by atoms with van der Waals surface area (Å²) in [5, 5.41) is 0. The van der Waals surface area contributed by atoms with E-state index < -0.39 is 0 Å². The molecule has 0 atom stereocenters. The van der Waals surface area contributed by atoms with Crippen molar-refractivity contribution in [3.05, 3.63) is 0 Å². The summed E-state index contributed by atoms with van der Waals surface area (Å²) in [7, 11) is 0. The first kappa shape index (κ1) is 23.1. The van der Waals surface area contributed by atoms with Crippen molar-refractivity contribution in [2.75, 3.05) is 0 Å². The summed E-state index contributed by atoms with van der Waals surface area (Å²) in [6, 6.07) is 0. The number of nitrogens with zero attached hydrogens (tertiary/aromatic N) is 2. The SMILES string of the molecule is [Se]C(=NC12CC3CC(CC(C3)C1)C2)C12CC3CC(C1)CC(C([Se])=NC14CC5CC(CC(C5)C1)C4)(C3)C2. The van der Waals surface area contributed by atoms with Crippen LogP contribution in [0.15, 0.2) is 9.98 Å². The van der Waals surface area contributed by atoms with Gasteiger partial charge in [0.25, 0.3) is 0 Å². The molecular formula is C32H44N2Se2. The van der Waals surface area contributed by atoms with E-state index in [0.29, 0.717) is 21.9 Å². The fourth-order valence-electron chi connectivity index (χ4n) is 13.8. The molecule has 2 radical (unpaired) electrons. The summed E-state index contributed by atoms with van der Waals surface area (Å²) in [6.45, 7) is 0. The van der Waals surface area contributed by atoms with Crippen molar-refractivity contribution >= 4 is 41.2 Å². The quantitative estimate of drug-likeness (QED) is 0.251. The van der Waals surface area contributed by atoms with Gasteiger partial charge >= 0.3 is 236 Å². The van der Waals surface area contributed by atoms with E-state index in [1.807, 2.05) is 0 Å². The van der Waals surface area contributed by atoms with Gasteiger partial charge in [-0.3, -0.25) is 0 Å². The van der Waals surface area contributed by atoms with Gasteiger partial charge in [0.05, 0.1) is 0 Å². The molecule has 0 saturated heterocycles. The van der Waals surface area contributed by atoms with Crippen molar-refractivity contribution in [2.45, 2.75) is 127 Å². The Bertz CT molecular complexity index is 878. The molecule has 12 rings (SSSR count). The molecule has 0 unspecified atom stereocenters. The average molecular weight is 615 g/mol. The third kappa shape index (κ3) is 3.38. The molecule has 0 N–H and O–H groups in total. The first-order valence-electron chi connectivity index (χ1n) is 15.8. The van der Waals surface area contributed by atoms with Crippen molar-refractivity contribution in [3.8, 4) is 0 Å². The Labute approximate surface area is 235 Å². The van der Waals surface area contributed by atoms with Crippen LogP contribution in [0.4, 0.5) is 0 Å². The fraction of sp³-hybridized carbons (Fsp3) is 0.938. The first-order valence-corrected chi connectivity index (χ1v) is 17.6. The molecule has 0 amide bonds. The predicted molar refractivity (Wildman–Crippen MR) is 148 cm³/mol. The molecule has 0 aliphatic heterocycles. The molecule has 2 nitrogen and oxygen atoms in total. The van der Waals surface area contributed by atoms with E-state index in [1.54, 1.807) is 0 Å². The van der Waals surface area contributed by atoms with Gasteiger partial charge in [-0.15, -0.1) is 0 Å². The van der Waals surface area contributed by atoms with Crippen LogP contribution in [0.1, 0.15) is 116 Å². The van der Waals surface area contributed by atoms with Crippen molar-refractivity contribution in [1.82, 2.24) is 0 Å². The monoisotopic (exact) mass is 616 g/mol. The summed E-state index contributed by atoms with van der Waals surface area (Å²) < 4.78 is 2.95. The number of hydrogen-bond acceptors (Lipinski definition) is 2. The summed E-state index contributed by atoms with van der Waals surface area (Å²) in [4.78, 5) is 11.7. The van der Waals surface area contributed by atoms with E-state index in [9.17, 15) is 0 Å². The second kappa shape index (κ2) is 7.56. The molecular weight excluding hydrogens is 570 g/mol. The molecule has 12 aliphatic rings. The van der Waals surface area contributed by atoms with E-state index in [2.05, 4.69) is 32.0 Å². The normalized spacial score (nSPS) is 60.3. The fourth-order valence-corrected chi connectivity index (χ4v) is 15.6. The van der Waals surface area contributed by atoms with Gasteiger partial charge in [0.1, 0.15) is 0 Å². The molecule has 12 fully saturated rings. The van der Waals surface area contributed by atoms with Gasteiger partial charge < -0.3 is 0 Å². The number of rotatable bonds is 4.